The third kappa shape index (κ3) is 5.72. The summed E-state index contributed by atoms with van der Waals surface area (Å²) in [7, 11) is 0. The molecule has 4 N–H and O–H groups in total. The molecule has 0 radical (unpaired) electrons. The summed E-state index contributed by atoms with van der Waals surface area (Å²) in [6, 6.07) is 0. The molecule has 8 heavy (non-hydrogen) atoms. The molecule has 0 aliphatic heterocycles. The highest BCUT2D eigenvalue weighted by Crippen LogP contribution is 1.49. The normalized spacial score (nSPS) is 8.88. The summed E-state index contributed by atoms with van der Waals surface area (Å²) in [5, 5.41) is 2.74. The fourth-order valence-electron chi connectivity index (χ4n) is 0.0680. The van der Waals surface area contributed by atoms with Crippen LogP contribution < -0.4 is 39.4 Å². The van der Waals surface area contributed by atoms with Crippen LogP contribution in [0.5, 0.6) is 0 Å². The Kier molecular flexibility index (Phi) is 3.56. The van der Waals surface area contributed by atoms with Gasteiger partial charge in [0, 0.05) is 5.16 Å². The maximum atomic E-state index is 9.59. The number of hydrogen-bond donors (Lipinski definition) is 2. The highest BCUT2D eigenvalue weighted by molar-refractivity contribution is 5.74. The Hall–Kier alpha value is -0.280. The summed E-state index contributed by atoms with van der Waals surface area (Å²) in [5.74, 6) is -0.404. The van der Waals surface area contributed by atoms with E-state index in [0.717, 1.165) is 0 Å². The predicted molar refractivity (Wildman–Crippen MR) is 16.9 cm³/mol. The van der Waals surface area contributed by atoms with Crippen molar-refractivity contribution in [1.82, 2.24) is 0 Å². The van der Waals surface area contributed by atoms with Crippen LogP contribution in [-0.4, -0.2) is 5.96 Å². The van der Waals surface area contributed by atoms with Crippen molar-refractivity contribution in [2.24, 2.45) is 16.6 Å². The molecule has 0 aromatic rings. The van der Waals surface area contributed by atoms with Crippen LogP contribution in [0.3, 0.4) is 0 Å². The molecule has 0 unspecified atom stereocenters. The first-order chi connectivity index (χ1) is 3.63. The first-order valence-electron chi connectivity index (χ1n) is 1.45. The molecule has 0 amide bonds. The fraction of sp³-hybridized carbons (Fsp3) is 0. The van der Waals surface area contributed by atoms with Gasteiger partial charge in [0.2, 0.25) is 5.96 Å². The van der Waals surface area contributed by atoms with Gasteiger partial charge in [0.15, 0.2) is 0 Å². The van der Waals surface area contributed by atoms with Gasteiger partial charge in [-0.25, -0.2) is 0 Å². The largest absolute Gasteiger partial charge is 0.606 e. The van der Waals surface area contributed by atoms with E-state index < -0.39 is 27.0 Å². The lowest BCUT2D eigenvalue weighted by Gasteiger charge is -1.83. The van der Waals surface area contributed by atoms with Crippen LogP contribution in [0.25, 0.3) is 0 Å². The van der Waals surface area contributed by atoms with Gasteiger partial charge in [-0.15, -0.1) is 0 Å². The number of guanidine groups is 1. The van der Waals surface area contributed by atoms with Gasteiger partial charge in [-0.05, 0) is 3.17 Å². The van der Waals surface area contributed by atoms with E-state index in [2.05, 4.69) is 8.32 Å². The van der Waals surface area contributed by atoms with Crippen molar-refractivity contribution in [2.45, 2.75) is 0 Å². The quantitative estimate of drug-likeness (QED) is 0.212. The van der Waals surface area contributed by atoms with Crippen LogP contribution in [0.15, 0.2) is 5.16 Å². The van der Waals surface area contributed by atoms with E-state index in [1.807, 2.05) is 0 Å². The van der Waals surface area contributed by atoms with Crippen molar-refractivity contribution in [1.29, 1.82) is 0 Å². The van der Waals surface area contributed by atoms with E-state index in [9.17, 15) is 6.87 Å². The highest BCUT2D eigenvalue weighted by Gasteiger charge is 2.09. The van der Waals surface area contributed by atoms with Crippen LogP contribution >= 0.6 is 0 Å². The van der Waals surface area contributed by atoms with E-state index in [1.54, 1.807) is 0 Å². The summed E-state index contributed by atoms with van der Waals surface area (Å²) >= 11 is -3.72. The van der Waals surface area contributed by atoms with Crippen molar-refractivity contribution in [3.63, 3.8) is 0 Å². The number of nitrogens with two attached hydrogens (primary N) is 2. The van der Waals surface area contributed by atoms with Crippen LogP contribution in [-0.2, 0) is 3.17 Å². The van der Waals surface area contributed by atoms with Crippen molar-refractivity contribution < 1.29 is 31.1 Å². The van der Waals surface area contributed by atoms with E-state index in [0.29, 0.717) is 0 Å². The molecule has 0 fully saturated rings. The maximum Gasteiger partial charge on any atom is 0.606 e. The molecule has 0 saturated carbocycles. The molecule has 6 nitrogen and oxygen atoms in total. The first kappa shape index (κ1) is 7.72. The summed E-state index contributed by atoms with van der Waals surface area (Å²) in [6.07, 6.45) is 0. The zero-order chi connectivity index (χ0) is 6.57. The van der Waals surface area contributed by atoms with Crippen LogP contribution in [0, 0.1) is 0 Å². The van der Waals surface area contributed by atoms with Crippen LogP contribution in [0.2, 0.25) is 0 Å². The maximum absolute atomic E-state index is 9.59. The number of oxime groups is 1. The molecule has 0 atom stereocenters. The molecule has 0 spiro atoms. The fourth-order valence-corrected chi connectivity index (χ4v) is 0.456. The Labute approximate surface area is 54.1 Å². The topological polar surface area (TPSA) is 120 Å². The average molecular weight is 233 g/mol. The van der Waals surface area contributed by atoms with E-state index in [1.165, 1.54) is 0 Å². The predicted octanol–water partition coefficient (Wildman–Crippen LogP) is -6.72. The second kappa shape index (κ2) is 3.69. The minimum Gasteiger partial charge on any atom is -0.383 e. The van der Waals surface area contributed by atoms with Crippen molar-refractivity contribution >= 4 is 5.96 Å². The molecule has 7 heteroatoms. The molecule has 0 aliphatic rings. The van der Waals surface area contributed by atoms with Gasteiger partial charge in [0.05, 0.1) is 0 Å². The number of nitrogens with zero attached hydrogens (tertiary/aromatic N) is 1. The Bertz CT molecular complexity index is 88.5. The Morgan fingerprint density at radius 3 is 2.12 bits per heavy atom. The van der Waals surface area contributed by atoms with Gasteiger partial charge in [0.25, 0.3) is 0 Å². The number of hydrogen-bond acceptors (Lipinski definition) is 4. The van der Waals surface area contributed by atoms with Gasteiger partial charge in [-0.3, -0.25) is 0 Å². The molecule has 48 valence electrons. The lowest BCUT2D eigenvalue weighted by molar-refractivity contribution is -1.63. The molecular formula is CH4IN3O3. The van der Waals surface area contributed by atoms with Gasteiger partial charge in [-0.2, -0.15) is 0 Å². The molecule has 0 rings (SSSR count). The zero-order valence-electron chi connectivity index (χ0n) is 3.70. The summed E-state index contributed by atoms with van der Waals surface area (Å²) in [6.45, 7) is 0. The Morgan fingerprint density at radius 1 is 1.50 bits per heavy atom. The van der Waals surface area contributed by atoms with Crippen molar-refractivity contribution in [2.75, 3.05) is 0 Å². The number of rotatable bonds is 2. The molecule has 0 aromatic heterocycles. The molecule has 0 heterocycles. The summed E-state index contributed by atoms with van der Waals surface area (Å²) in [5.41, 5.74) is 9.38. The standard InChI is InChI=1S/CH4IN3O3/c3-1(4)5-8-2(6)7/h(H4,3,4,5). The average Bonchev–Trinajstić information content (AvgIpc) is 1.61. The molecular weight excluding hydrogens is 229 g/mol. The second-order valence-electron chi connectivity index (χ2n) is 0.774. The monoisotopic (exact) mass is 233 g/mol. The summed E-state index contributed by atoms with van der Waals surface area (Å²) < 4.78 is 22.9. The smallest absolute Gasteiger partial charge is 0.383 e. The van der Waals surface area contributed by atoms with Crippen molar-refractivity contribution in [3.05, 3.63) is 0 Å². The van der Waals surface area contributed by atoms with Crippen LogP contribution in [0.1, 0.15) is 0 Å². The number of halogens is 1. The lowest BCUT2D eigenvalue weighted by Crippen LogP contribution is -3.98. The zero-order valence-corrected chi connectivity index (χ0v) is 5.86. The molecule has 0 bridgehead atoms. The highest BCUT2D eigenvalue weighted by atomic mass is 127. The molecule has 0 aromatic carbocycles. The molecule has 0 aliphatic carbocycles. The van der Waals surface area contributed by atoms with Gasteiger partial charge in [0.1, 0.15) is 0 Å². The third-order valence-corrected chi connectivity index (χ3v) is 0.715. The molecule has 0 saturated heterocycles. The SMILES string of the molecule is NC(N)=NO[I+2]([O-])[O-]. The van der Waals surface area contributed by atoms with Gasteiger partial charge in [-0.1, -0.05) is 0 Å². The van der Waals surface area contributed by atoms with Gasteiger partial charge < -0.3 is 18.3 Å². The minimum absolute atomic E-state index is 0.404. The summed E-state index contributed by atoms with van der Waals surface area (Å²) in [4.78, 5) is 0. The van der Waals surface area contributed by atoms with E-state index >= 15 is 0 Å². The third-order valence-electron chi connectivity index (χ3n) is 0.196. The second-order valence-corrected chi connectivity index (χ2v) is 2.25. The van der Waals surface area contributed by atoms with E-state index in [-0.39, 0.29) is 0 Å². The van der Waals surface area contributed by atoms with Crippen LogP contribution in [0.4, 0.5) is 0 Å². The van der Waals surface area contributed by atoms with Gasteiger partial charge >= 0.3 is 21.1 Å². The van der Waals surface area contributed by atoms with Crippen molar-refractivity contribution in [3.8, 4) is 0 Å². The minimum atomic E-state index is -3.72. The lowest BCUT2D eigenvalue weighted by atomic mass is 11.1. The Morgan fingerprint density at radius 2 is 2.00 bits per heavy atom. The first-order valence-corrected chi connectivity index (χ1v) is 4.09. The van der Waals surface area contributed by atoms with E-state index in [4.69, 9.17) is 11.5 Å². The Balaban J connectivity index is 3.29.